The van der Waals surface area contributed by atoms with Gasteiger partial charge < -0.3 is 9.64 Å². The normalized spacial score (nSPS) is 16.1. The number of hydrogen-bond acceptors (Lipinski definition) is 4. The van der Waals surface area contributed by atoms with Gasteiger partial charge in [0.2, 0.25) is 0 Å². The molecule has 0 unspecified atom stereocenters. The second-order valence-electron chi connectivity index (χ2n) is 4.01. The van der Waals surface area contributed by atoms with E-state index in [1.807, 2.05) is 12.3 Å². The third-order valence-corrected chi connectivity index (χ3v) is 3.87. The largest absolute Gasteiger partial charge is 0.378 e. The van der Waals surface area contributed by atoms with Gasteiger partial charge in [-0.25, -0.2) is 0 Å². The lowest BCUT2D eigenvalue weighted by Crippen LogP contribution is -2.35. The topological polar surface area (TPSA) is 25.4 Å². The van der Waals surface area contributed by atoms with Crippen LogP contribution in [0, 0.1) is 0 Å². The van der Waals surface area contributed by atoms with E-state index in [2.05, 4.69) is 27.4 Å². The molecule has 1 fully saturated rings. The van der Waals surface area contributed by atoms with Crippen molar-refractivity contribution in [3.8, 4) is 10.4 Å². The molecule has 0 aromatic carbocycles. The Balaban J connectivity index is 1.83. The molecule has 2 aromatic rings. The molecule has 3 nitrogen and oxygen atoms in total. The van der Waals surface area contributed by atoms with E-state index in [1.165, 1.54) is 16.1 Å². The molecule has 3 heterocycles. The van der Waals surface area contributed by atoms with E-state index in [9.17, 15) is 0 Å². The van der Waals surface area contributed by atoms with Crippen LogP contribution in [-0.4, -0.2) is 31.3 Å². The van der Waals surface area contributed by atoms with Gasteiger partial charge in [0.15, 0.2) is 0 Å². The maximum absolute atomic E-state index is 5.36. The highest BCUT2D eigenvalue weighted by Gasteiger charge is 2.13. The Labute approximate surface area is 105 Å². The van der Waals surface area contributed by atoms with Gasteiger partial charge in [0.1, 0.15) is 0 Å². The van der Waals surface area contributed by atoms with Crippen molar-refractivity contribution in [2.24, 2.45) is 0 Å². The molecule has 0 N–H and O–H groups in total. The number of aromatic nitrogens is 1. The van der Waals surface area contributed by atoms with Crippen LogP contribution in [0.15, 0.2) is 36.0 Å². The highest BCUT2D eigenvalue weighted by atomic mass is 32.1. The highest BCUT2D eigenvalue weighted by molar-refractivity contribution is 7.14. The third kappa shape index (κ3) is 2.33. The summed E-state index contributed by atoms with van der Waals surface area (Å²) in [5, 5.41) is 2.22. The van der Waals surface area contributed by atoms with Crippen LogP contribution in [0.4, 0.5) is 5.69 Å². The number of pyridine rings is 1. The second-order valence-corrected chi connectivity index (χ2v) is 4.92. The molecule has 0 spiro atoms. The molecule has 2 aromatic heterocycles. The average Bonchev–Trinajstić information content (AvgIpc) is 2.90. The molecular formula is C13H14N2OS. The maximum atomic E-state index is 5.36. The van der Waals surface area contributed by atoms with Gasteiger partial charge in [-0.15, -0.1) is 11.3 Å². The Bertz CT molecular complexity index is 477. The van der Waals surface area contributed by atoms with Crippen molar-refractivity contribution in [3.05, 3.63) is 36.0 Å². The first-order valence-electron chi connectivity index (χ1n) is 5.75. The number of ether oxygens (including phenoxy) is 1. The minimum Gasteiger partial charge on any atom is -0.378 e. The molecule has 1 saturated heterocycles. The Morgan fingerprint density at radius 1 is 1.29 bits per heavy atom. The fraction of sp³-hybridized carbons (Fsp3) is 0.308. The van der Waals surface area contributed by atoms with Crippen molar-refractivity contribution < 1.29 is 4.74 Å². The van der Waals surface area contributed by atoms with Crippen molar-refractivity contribution >= 4 is 17.0 Å². The first-order valence-corrected chi connectivity index (χ1v) is 6.63. The van der Waals surface area contributed by atoms with Crippen LogP contribution >= 0.6 is 11.3 Å². The lowest BCUT2D eigenvalue weighted by molar-refractivity contribution is 0.123. The monoisotopic (exact) mass is 246 g/mol. The third-order valence-electron chi connectivity index (χ3n) is 2.91. The van der Waals surface area contributed by atoms with Gasteiger partial charge in [0, 0.05) is 47.0 Å². The highest BCUT2D eigenvalue weighted by Crippen LogP contribution is 2.31. The molecular weight excluding hydrogens is 232 g/mol. The Kier molecular flexibility index (Phi) is 3.07. The van der Waals surface area contributed by atoms with Crippen molar-refractivity contribution in [1.29, 1.82) is 0 Å². The molecule has 17 heavy (non-hydrogen) atoms. The summed E-state index contributed by atoms with van der Waals surface area (Å²) in [4.78, 5) is 7.81. The van der Waals surface area contributed by atoms with Gasteiger partial charge in [-0.1, -0.05) is 6.07 Å². The molecule has 1 aliphatic heterocycles. The molecule has 0 atom stereocenters. The average molecular weight is 246 g/mol. The van der Waals surface area contributed by atoms with Gasteiger partial charge in [0.05, 0.1) is 13.2 Å². The number of nitrogens with zero attached hydrogens (tertiary/aromatic N) is 2. The summed E-state index contributed by atoms with van der Waals surface area (Å²) in [6, 6.07) is 6.32. The van der Waals surface area contributed by atoms with Gasteiger partial charge in [-0.05, 0) is 12.1 Å². The molecule has 0 radical (unpaired) electrons. The summed E-state index contributed by atoms with van der Waals surface area (Å²) in [7, 11) is 0. The summed E-state index contributed by atoms with van der Waals surface area (Å²) >= 11 is 1.77. The molecule has 1 aliphatic rings. The summed E-state index contributed by atoms with van der Waals surface area (Å²) in [5.41, 5.74) is 2.49. The van der Waals surface area contributed by atoms with E-state index in [1.54, 1.807) is 17.5 Å². The smallest absolute Gasteiger partial charge is 0.0642 e. The number of anilines is 1. The molecule has 3 rings (SSSR count). The first kappa shape index (κ1) is 10.7. The standard InChI is InChI=1S/C13H14N2OS/c1-2-11(9-14-3-1)13-8-12(10-17-13)15-4-6-16-7-5-15/h1-3,8-10H,4-7H2. The predicted octanol–water partition coefficient (Wildman–Crippen LogP) is 2.65. The van der Waals surface area contributed by atoms with E-state index in [0.29, 0.717) is 0 Å². The van der Waals surface area contributed by atoms with E-state index < -0.39 is 0 Å². The second kappa shape index (κ2) is 4.85. The van der Waals surface area contributed by atoms with Crippen LogP contribution in [-0.2, 0) is 4.74 Å². The molecule has 88 valence electrons. The van der Waals surface area contributed by atoms with Crippen LogP contribution in [0.3, 0.4) is 0 Å². The van der Waals surface area contributed by atoms with Gasteiger partial charge in [-0.3, -0.25) is 4.98 Å². The fourth-order valence-corrected chi connectivity index (χ4v) is 2.88. The van der Waals surface area contributed by atoms with E-state index >= 15 is 0 Å². The van der Waals surface area contributed by atoms with Crippen LogP contribution in [0.5, 0.6) is 0 Å². The minimum absolute atomic E-state index is 0.831. The quantitative estimate of drug-likeness (QED) is 0.814. The fourth-order valence-electron chi connectivity index (χ4n) is 1.97. The predicted molar refractivity (Wildman–Crippen MR) is 70.6 cm³/mol. The number of thiophene rings is 1. The summed E-state index contributed by atoms with van der Waals surface area (Å²) in [6.07, 6.45) is 3.72. The van der Waals surface area contributed by atoms with Crippen molar-refractivity contribution in [2.75, 3.05) is 31.2 Å². The Morgan fingerprint density at radius 2 is 2.18 bits per heavy atom. The zero-order valence-electron chi connectivity index (χ0n) is 9.50. The Hall–Kier alpha value is -1.39. The zero-order chi connectivity index (χ0) is 11.5. The minimum atomic E-state index is 0.831. The SMILES string of the molecule is c1cncc(-c2cc(N3CCOCC3)cs2)c1. The molecule has 4 heteroatoms. The van der Waals surface area contributed by atoms with Crippen LogP contribution in [0.1, 0.15) is 0 Å². The molecule has 0 saturated carbocycles. The zero-order valence-corrected chi connectivity index (χ0v) is 10.3. The summed E-state index contributed by atoms with van der Waals surface area (Å²) in [5.74, 6) is 0. The molecule has 0 amide bonds. The van der Waals surface area contributed by atoms with Crippen molar-refractivity contribution in [2.45, 2.75) is 0 Å². The van der Waals surface area contributed by atoms with Crippen LogP contribution < -0.4 is 4.90 Å². The lowest BCUT2D eigenvalue weighted by atomic mass is 10.2. The number of morpholine rings is 1. The van der Waals surface area contributed by atoms with Crippen LogP contribution in [0.2, 0.25) is 0 Å². The number of rotatable bonds is 2. The lowest BCUT2D eigenvalue weighted by Gasteiger charge is -2.27. The van der Waals surface area contributed by atoms with Crippen molar-refractivity contribution in [3.63, 3.8) is 0 Å². The van der Waals surface area contributed by atoms with Crippen LogP contribution in [0.25, 0.3) is 10.4 Å². The van der Waals surface area contributed by atoms with E-state index in [4.69, 9.17) is 4.74 Å². The van der Waals surface area contributed by atoms with Crippen molar-refractivity contribution in [1.82, 2.24) is 4.98 Å². The maximum Gasteiger partial charge on any atom is 0.0642 e. The van der Waals surface area contributed by atoms with Gasteiger partial charge in [0.25, 0.3) is 0 Å². The molecule has 0 bridgehead atoms. The Morgan fingerprint density at radius 3 is 2.94 bits per heavy atom. The van der Waals surface area contributed by atoms with Gasteiger partial charge >= 0.3 is 0 Å². The van der Waals surface area contributed by atoms with Gasteiger partial charge in [-0.2, -0.15) is 0 Å². The summed E-state index contributed by atoms with van der Waals surface area (Å²) < 4.78 is 5.36. The molecule has 0 aliphatic carbocycles. The van der Waals surface area contributed by atoms with E-state index in [0.717, 1.165) is 26.3 Å². The summed E-state index contributed by atoms with van der Waals surface area (Å²) in [6.45, 7) is 3.64. The first-order chi connectivity index (χ1) is 8.43. The van der Waals surface area contributed by atoms with E-state index in [-0.39, 0.29) is 0 Å². The number of hydrogen-bond donors (Lipinski definition) is 0.